The van der Waals surface area contributed by atoms with Crippen molar-refractivity contribution >= 4 is 11.8 Å². The zero-order valence-corrected chi connectivity index (χ0v) is 10.8. The molecule has 2 amide bonds. The molecule has 0 bridgehead atoms. The third kappa shape index (κ3) is 2.59. The summed E-state index contributed by atoms with van der Waals surface area (Å²) in [6.45, 7) is 6.31. The monoisotopic (exact) mass is 235 g/mol. The van der Waals surface area contributed by atoms with Crippen molar-refractivity contribution in [1.82, 2.24) is 5.32 Å². The average Bonchev–Trinajstić information content (AvgIpc) is 2.22. The van der Waals surface area contributed by atoms with E-state index in [1.165, 1.54) is 5.57 Å². The zero-order valence-electron chi connectivity index (χ0n) is 10.8. The van der Waals surface area contributed by atoms with Crippen LogP contribution in [0.25, 0.3) is 0 Å². The van der Waals surface area contributed by atoms with E-state index >= 15 is 0 Å². The molecule has 94 valence electrons. The van der Waals surface area contributed by atoms with Gasteiger partial charge >= 0.3 is 0 Å². The minimum absolute atomic E-state index is 0.0317. The summed E-state index contributed by atoms with van der Waals surface area (Å²) in [4.78, 5) is 23.2. The largest absolute Gasteiger partial charge is 0.296 e. The van der Waals surface area contributed by atoms with Crippen molar-refractivity contribution in [3.8, 4) is 0 Å². The maximum absolute atomic E-state index is 11.7. The highest BCUT2D eigenvalue weighted by Crippen LogP contribution is 2.39. The standard InChI is InChI=1S/C14H21NO2/c1-8-4-9(2)6-11(5-8)12-7-13(16)15-14(17)10(12)3/h4,8,10-12H,5-7H2,1-3H3,(H,15,16,17). The molecule has 1 aliphatic heterocycles. The van der Waals surface area contributed by atoms with Gasteiger partial charge in [-0.05, 0) is 37.5 Å². The van der Waals surface area contributed by atoms with Crippen LogP contribution in [0.5, 0.6) is 0 Å². The summed E-state index contributed by atoms with van der Waals surface area (Å²) in [5.41, 5.74) is 1.40. The number of nitrogens with one attached hydrogen (secondary N) is 1. The van der Waals surface area contributed by atoms with Gasteiger partial charge in [0.05, 0.1) is 0 Å². The molecule has 1 fully saturated rings. The van der Waals surface area contributed by atoms with Gasteiger partial charge in [-0.3, -0.25) is 14.9 Å². The molecule has 1 saturated heterocycles. The highest BCUT2D eigenvalue weighted by atomic mass is 16.2. The predicted molar refractivity (Wildman–Crippen MR) is 66.1 cm³/mol. The Hall–Kier alpha value is -1.12. The molecule has 2 aliphatic rings. The summed E-state index contributed by atoms with van der Waals surface area (Å²) in [7, 11) is 0. The fraction of sp³-hybridized carbons (Fsp3) is 0.714. The number of carbonyl (C=O) groups is 2. The maximum atomic E-state index is 11.7. The van der Waals surface area contributed by atoms with Crippen molar-refractivity contribution in [3.63, 3.8) is 0 Å². The maximum Gasteiger partial charge on any atom is 0.229 e. The van der Waals surface area contributed by atoms with E-state index in [0.717, 1.165) is 12.8 Å². The molecule has 0 saturated carbocycles. The fourth-order valence-corrected chi connectivity index (χ4v) is 3.38. The Morgan fingerprint density at radius 3 is 2.59 bits per heavy atom. The van der Waals surface area contributed by atoms with Crippen LogP contribution in [0.15, 0.2) is 11.6 Å². The van der Waals surface area contributed by atoms with Crippen molar-refractivity contribution in [2.24, 2.45) is 23.7 Å². The van der Waals surface area contributed by atoms with E-state index in [0.29, 0.717) is 18.3 Å². The average molecular weight is 235 g/mol. The Morgan fingerprint density at radius 1 is 1.24 bits per heavy atom. The first-order valence-electron chi connectivity index (χ1n) is 6.48. The van der Waals surface area contributed by atoms with Crippen LogP contribution in [0, 0.1) is 23.7 Å². The molecule has 1 heterocycles. The van der Waals surface area contributed by atoms with Gasteiger partial charge in [0.1, 0.15) is 0 Å². The van der Waals surface area contributed by atoms with Crippen molar-refractivity contribution in [2.45, 2.75) is 40.0 Å². The molecule has 0 aromatic carbocycles. The second-order valence-corrected chi connectivity index (χ2v) is 5.76. The quantitative estimate of drug-likeness (QED) is 0.560. The van der Waals surface area contributed by atoms with E-state index in [9.17, 15) is 9.59 Å². The molecule has 17 heavy (non-hydrogen) atoms. The van der Waals surface area contributed by atoms with Gasteiger partial charge in [-0.1, -0.05) is 25.5 Å². The molecule has 1 aliphatic carbocycles. The van der Waals surface area contributed by atoms with Gasteiger partial charge < -0.3 is 0 Å². The Bertz CT molecular complexity index is 372. The van der Waals surface area contributed by atoms with E-state index < -0.39 is 0 Å². The predicted octanol–water partition coefficient (Wildman–Crippen LogP) is 2.28. The Balaban J connectivity index is 2.13. The van der Waals surface area contributed by atoms with Crippen LogP contribution in [0.4, 0.5) is 0 Å². The molecule has 0 aromatic heterocycles. The molecular weight excluding hydrogens is 214 g/mol. The summed E-state index contributed by atoms with van der Waals surface area (Å²) in [5, 5.41) is 2.43. The molecule has 0 radical (unpaired) electrons. The van der Waals surface area contributed by atoms with E-state index in [4.69, 9.17) is 0 Å². The smallest absolute Gasteiger partial charge is 0.229 e. The van der Waals surface area contributed by atoms with Crippen LogP contribution in [0.3, 0.4) is 0 Å². The summed E-state index contributed by atoms with van der Waals surface area (Å²) >= 11 is 0. The number of hydrogen-bond acceptors (Lipinski definition) is 2. The molecule has 0 aromatic rings. The lowest BCUT2D eigenvalue weighted by molar-refractivity contribution is -0.139. The number of rotatable bonds is 1. The van der Waals surface area contributed by atoms with Crippen LogP contribution >= 0.6 is 0 Å². The van der Waals surface area contributed by atoms with Crippen molar-refractivity contribution in [1.29, 1.82) is 0 Å². The first kappa shape index (κ1) is 12.3. The molecule has 0 spiro atoms. The molecule has 1 N–H and O–H groups in total. The van der Waals surface area contributed by atoms with Gasteiger partial charge in [-0.25, -0.2) is 0 Å². The molecule has 4 atom stereocenters. The third-order valence-electron chi connectivity index (χ3n) is 4.17. The normalized spacial score (nSPS) is 38.6. The number of imide groups is 1. The van der Waals surface area contributed by atoms with Gasteiger partial charge in [-0.2, -0.15) is 0 Å². The molecule has 3 nitrogen and oxygen atoms in total. The van der Waals surface area contributed by atoms with Crippen LogP contribution in [0.1, 0.15) is 40.0 Å². The minimum Gasteiger partial charge on any atom is -0.296 e. The second kappa shape index (κ2) is 4.63. The van der Waals surface area contributed by atoms with E-state index in [1.54, 1.807) is 0 Å². The Morgan fingerprint density at radius 2 is 1.94 bits per heavy atom. The van der Waals surface area contributed by atoms with E-state index in [1.807, 2.05) is 6.92 Å². The summed E-state index contributed by atoms with van der Waals surface area (Å²) < 4.78 is 0. The van der Waals surface area contributed by atoms with Gasteiger partial charge in [-0.15, -0.1) is 0 Å². The van der Waals surface area contributed by atoms with Crippen LogP contribution in [-0.4, -0.2) is 11.8 Å². The van der Waals surface area contributed by atoms with Crippen molar-refractivity contribution in [2.75, 3.05) is 0 Å². The lowest BCUT2D eigenvalue weighted by Gasteiger charge is -2.37. The van der Waals surface area contributed by atoms with E-state index in [-0.39, 0.29) is 23.7 Å². The van der Waals surface area contributed by atoms with Crippen molar-refractivity contribution in [3.05, 3.63) is 11.6 Å². The Kier molecular flexibility index (Phi) is 3.36. The van der Waals surface area contributed by atoms with Gasteiger partial charge in [0.2, 0.25) is 11.8 Å². The molecule has 4 unspecified atom stereocenters. The number of amides is 2. The number of hydrogen-bond donors (Lipinski definition) is 1. The topological polar surface area (TPSA) is 46.2 Å². The van der Waals surface area contributed by atoms with E-state index in [2.05, 4.69) is 25.2 Å². The highest BCUT2D eigenvalue weighted by Gasteiger charge is 2.38. The number of allylic oxidation sites excluding steroid dienone is 2. The van der Waals surface area contributed by atoms with Crippen LogP contribution in [-0.2, 0) is 9.59 Å². The van der Waals surface area contributed by atoms with Crippen molar-refractivity contribution < 1.29 is 9.59 Å². The summed E-state index contributed by atoms with van der Waals surface area (Å²) in [6, 6.07) is 0. The lowest BCUT2D eigenvalue weighted by Crippen LogP contribution is -2.47. The zero-order chi connectivity index (χ0) is 12.6. The first-order valence-corrected chi connectivity index (χ1v) is 6.48. The molecular formula is C14H21NO2. The number of piperidine rings is 1. The SMILES string of the molecule is CC1=CC(C)CC(C2CC(=O)NC(=O)C2C)C1. The third-order valence-corrected chi connectivity index (χ3v) is 4.17. The Labute approximate surface area is 103 Å². The van der Waals surface area contributed by atoms with Crippen LogP contribution < -0.4 is 5.32 Å². The first-order chi connectivity index (χ1) is 7.97. The van der Waals surface area contributed by atoms with Gasteiger partial charge in [0, 0.05) is 12.3 Å². The highest BCUT2D eigenvalue weighted by molar-refractivity contribution is 5.98. The molecule has 3 heteroatoms. The number of carbonyl (C=O) groups excluding carboxylic acids is 2. The lowest BCUT2D eigenvalue weighted by atomic mass is 9.69. The van der Waals surface area contributed by atoms with Crippen LogP contribution in [0.2, 0.25) is 0 Å². The van der Waals surface area contributed by atoms with Gasteiger partial charge in [0.25, 0.3) is 0 Å². The fourth-order valence-electron chi connectivity index (χ4n) is 3.38. The summed E-state index contributed by atoms with van der Waals surface area (Å²) in [5.74, 6) is 1.06. The molecule has 2 rings (SSSR count). The minimum atomic E-state index is -0.0991. The summed E-state index contributed by atoms with van der Waals surface area (Å²) in [6.07, 6.45) is 4.97. The second-order valence-electron chi connectivity index (χ2n) is 5.76. The van der Waals surface area contributed by atoms with Gasteiger partial charge in [0.15, 0.2) is 0 Å².